The van der Waals surface area contributed by atoms with E-state index in [9.17, 15) is 4.79 Å². The molecule has 2 aromatic rings. The summed E-state index contributed by atoms with van der Waals surface area (Å²) in [5, 5.41) is 6.21. The van der Waals surface area contributed by atoms with Crippen molar-refractivity contribution in [1.29, 1.82) is 0 Å². The van der Waals surface area contributed by atoms with Crippen molar-refractivity contribution in [1.82, 2.24) is 0 Å². The maximum Gasteiger partial charge on any atom is 0.257 e. The van der Waals surface area contributed by atoms with E-state index in [0.29, 0.717) is 27.8 Å². The van der Waals surface area contributed by atoms with Crippen LogP contribution in [0.4, 0.5) is 11.4 Å². The van der Waals surface area contributed by atoms with E-state index in [-0.39, 0.29) is 5.91 Å². The standard InChI is InChI=1S/C16H17ClN2O3/c1-18-12-7-5-4-6-10(12)16(20)19-13-9-14(21-2)11(17)8-15(13)22-3/h4-9,18H,1-3H3,(H,19,20). The van der Waals surface area contributed by atoms with Crippen LogP contribution in [0.25, 0.3) is 0 Å². The third-order valence-electron chi connectivity index (χ3n) is 3.16. The van der Waals surface area contributed by atoms with Gasteiger partial charge in [0, 0.05) is 24.9 Å². The molecular formula is C16H17ClN2O3. The minimum absolute atomic E-state index is 0.257. The first-order chi connectivity index (χ1) is 10.6. The van der Waals surface area contributed by atoms with Crippen LogP contribution in [-0.2, 0) is 0 Å². The van der Waals surface area contributed by atoms with Crippen LogP contribution in [0.2, 0.25) is 5.02 Å². The molecule has 0 heterocycles. The highest BCUT2D eigenvalue weighted by molar-refractivity contribution is 6.32. The van der Waals surface area contributed by atoms with Crippen LogP contribution in [0.5, 0.6) is 11.5 Å². The summed E-state index contributed by atoms with van der Waals surface area (Å²) in [6.07, 6.45) is 0. The molecule has 0 spiro atoms. The first kappa shape index (κ1) is 16.0. The topological polar surface area (TPSA) is 59.6 Å². The Bertz CT molecular complexity index is 689. The summed E-state index contributed by atoms with van der Waals surface area (Å²) in [5.74, 6) is 0.661. The molecule has 116 valence electrons. The third kappa shape index (κ3) is 3.26. The number of rotatable bonds is 5. The molecule has 0 aliphatic carbocycles. The van der Waals surface area contributed by atoms with Crippen LogP contribution >= 0.6 is 11.6 Å². The number of carbonyl (C=O) groups excluding carboxylic acids is 1. The minimum Gasteiger partial charge on any atom is -0.495 e. The molecule has 22 heavy (non-hydrogen) atoms. The van der Waals surface area contributed by atoms with Gasteiger partial charge in [-0.25, -0.2) is 0 Å². The molecule has 0 radical (unpaired) electrons. The highest BCUT2D eigenvalue weighted by atomic mass is 35.5. The van der Waals surface area contributed by atoms with Crippen LogP contribution < -0.4 is 20.1 Å². The Balaban J connectivity index is 2.35. The molecule has 2 aromatic carbocycles. The molecule has 0 unspecified atom stereocenters. The number of anilines is 2. The fourth-order valence-corrected chi connectivity index (χ4v) is 2.28. The molecule has 0 aliphatic heterocycles. The molecule has 0 saturated carbocycles. The fourth-order valence-electron chi connectivity index (χ4n) is 2.05. The Labute approximate surface area is 134 Å². The summed E-state index contributed by atoms with van der Waals surface area (Å²) in [6.45, 7) is 0. The second-order valence-electron chi connectivity index (χ2n) is 4.44. The number of nitrogens with one attached hydrogen (secondary N) is 2. The van der Waals surface area contributed by atoms with Crippen molar-refractivity contribution in [3.05, 3.63) is 47.0 Å². The summed E-state index contributed by atoms with van der Waals surface area (Å²) in [5.41, 5.74) is 1.75. The second kappa shape index (κ2) is 7.04. The molecule has 6 heteroatoms. The molecule has 2 N–H and O–H groups in total. The predicted octanol–water partition coefficient (Wildman–Crippen LogP) is 3.65. The zero-order valence-electron chi connectivity index (χ0n) is 12.6. The average Bonchev–Trinajstić information content (AvgIpc) is 2.55. The van der Waals surface area contributed by atoms with Gasteiger partial charge < -0.3 is 20.1 Å². The van der Waals surface area contributed by atoms with Crippen LogP contribution in [0.3, 0.4) is 0 Å². The number of carbonyl (C=O) groups is 1. The van der Waals surface area contributed by atoms with Gasteiger partial charge in [0.05, 0.1) is 30.5 Å². The van der Waals surface area contributed by atoms with Crippen molar-refractivity contribution in [2.45, 2.75) is 0 Å². The molecule has 1 amide bonds. The van der Waals surface area contributed by atoms with Gasteiger partial charge in [-0.3, -0.25) is 4.79 Å². The van der Waals surface area contributed by atoms with Crippen molar-refractivity contribution in [2.75, 3.05) is 31.9 Å². The second-order valence-corrected chi connectivity index (χ2v) is 4.84. The first-order valence-corrected chi connectivity index (χ1v) is 6.98. The van der Waals surface area contributed by atoms with E-state index in [1.54, 1.807) is 31.3 Å². The number of hydrogen-bond donors (Lipinski definition) is 2. The van der Waals surface area contributed by atoms with Crippen LogP contribution in [0, 0.1) is 0 Å². The van der Waals surface area contributed by atoms with E-state index in [0.717, 1.165) is 5.69 Å². The van der Waals surface area contributed by atoms with Gasteiger partial charge in [0.25, 0.3) is 5.91 Å². The lowest BCUT2D eigenvalue weighted by molar-refractivity contribution is 0.102. The lowest BCUT2D eigenvalue weighted by Gasteiger charge is -2.14. The number of benzene rings is 2. The van der Waals surface area contributed by atoms with Crippen molar-refractivity contribution in [2.24, 2.45) is 0 Å². The van der Waals surface area contributed by atoms with Crippen molar-refractivity contribution in [3.63, 3.8) is 0 Å². The average molecular weight is 321 g/mol. The van der Waals surface area contributed by atoms with Gasteiger partial charge in [0.1, 0.15) is 11.5 Å². The number of halogens is 1. The van der Waals surface area contributed by atoms with E-state index >= 15 is 0 Å². The maximum atomic E-state index is 12.5. The molecule has 0 aliphatic rings. The zero-order valence-corrected chi connectivity index (χ0v) is 13.3. The normalized spacial score (nSPS) is 10.0. The smallest absolute Gasteiger partial charge is 0.257 e. The van der Waals surface area contributed by atoms with Gasteiger partial charge in [-0.1, -0.05) is 23.7 Å². The number of amides is 1. The highest BCUT2D eigenvalue weighted by Gasteiger charge is 2.15. The Morgan fingerprint density at radius 3 is 2.36 bits per heavy atom. The van der Waals surface area contributed by atoms with Crippen molar-refractivity contribution >= 4 is 28.9 Å². The van der Waals surface area contributed by atoms with Crippen molar-refractivity contribution < 1.29 is 14.3 Å². The van der Waals surface area contributed by atoms with Crippen molar-refractivity contribution in [3.8, 4) is 11.5 Å². The van der Waals surface area contributed by atoms with E-state index < -0.39 is 0 Å². The van der Waals surface area contributed by atoms with Crippen LogP contribution in [0.1, 0.15) is 10.4 Å². The zero-order chi connectivity index (χ0) is 16.1. The van der Waals surface area contributed by atoms with Gasteiger partial charge in [-0.2, -0.15) is 0 Å². The molecule has 2 rings (SSSR count). The Morgan fingerprint density at radius 2 is 1.73 bits per heavy atom. The van der Waals surface area contributed by atoms with E-state index in [4.69, 9.17) is 21.1 Å². The first-order valence-electron chi connectivity index (χ1n) is 6.60. The number of methoxy groups -OCH3 is 2. The molecule has 0 bridgehead atoms. The van der Waals surface area contributed by atoms with Crippen LogP contribution in [0.15, 0.2) is 36.4 Å². The third-order valence-corrected chi connectivity index (χ3v) is 3.46. The summed E-state index contributed by atoms with van der Waals surface area (Å²) in [4.78, 5) is 12.5. The number of ether oxygens (including phenoxy) is 2. The van der Waals surface area contributed by atoms with Gasteiger partial charge in [-0.15, -0.1) is 0 Å². The molecule has 5 nitrogen and oxygen atoms in total. The van der Waals surface area contributed by atoms with Gasteiger partial charge in [-0.05, 0) is 12.1 Å². The maximum absolute atomic E-state index is 12.5. The Morgan fingerprint density at radius 1 is 1.05 bits per heavy atom. The molecule has 0 aromatic heterocycles. The van der Waals surface area contributed by atoms with Crippen LogP contribution in [-0.4, -0.2) is 27.2 Å². The largest absolute Gasteiger partial charge is 0.495 e. The van der Waals surface area contributed by atoms with Gasteiger partial charge in [0.15, 0.2) is 0 Å². The SMILES string of the molecule is CNc1ccccc1C(=O)Nc1cc(OC)c(Cl)cc1OC. The summed E-state index contributed by atoms with van der Waals surface area (Å²) in [6, 6.07) is 10.4. The Kier molecular flexibility index (Phi) is 5.12. The summed E-state index contributed by atoms with van der Waals surface area (Å²) in [7, 11) is 4.78. The lowest BCUT2D eigenvalue weighted by atomic mass is 10.1. The molecule has 0 atom stereocenters. The molecular weight excluding hydrogens is 304 g/mol. The van der Waals surface area contributed by atoms with E-state index in [1.165, 1.54) is 14.2 Å². The number of para-hydroxylation sites is 1. The van der Waals surface area contributed by atoms with E-state index in [1.807, 2.05) is 12.1 Å². The predicted molar refractivity (Wildman–Crippen MR) is 88.5 cm³/mol. The minimum atomic E-state index is -0.257. The highest BCUT2D eigenvalue weighted by Crippen LogP contribution is 2.36. The fraction of sp³-hybridized carbons (Fsp3) is 0.188. The summed E-state index contributed by atoms with van der Waals surface area (Å²) < 4.78 is 10.4. The molecule has 0 saturated heterocycles. The monoisotopic (exact) mass is 320 g/mol. The number of hydrogen-bond acceptors (Lipinski definition) is 4. The van der Waals surface area contributed by atoms with Gasteiger partial charge >= 0.3 is 0 Å². The quantitative estimate of drug-likeness (QED) is 0.883. The van der Waals surface area contributed by atoms with E-state index in [2.05, 4.69) is 10.6 Å². The van der Waals surface area contributed by atoms with Gasteiger partial charge in [0.2, 0.25) is 0 Å². The Hall–Kier alpha value is -2.40. The lowest BCUT2D eigenvalue weighted by Crippen LogP contribution is -2.14. The molecule has 0 fully saturated rings. The summed E-state index contributed by atoms with van der Waals surface area (Å²) >= 11 is 6.05.